The Hall–Kier alpha value is -2.62. The molecule has 0 spiro atoms. The zero-order valence-electron chi connectivity index (χ0n) is 13.8. The van der Waals surface area contributed by atoms with Crippen LogP contribution >= 0.6 is 0 Å². The van der Waals surface area contributed by atoms with Crippen molar-refractivity contribution in [3.63, 3.8) is 0 Å². The van der Waals surface area contributed by atoms with E-state index in [0.717, 1.165) is 22.3 Å². The van der Waals surface area contributed by atoms with Gasteiger partial charge in [-0.05, 0) is 42.0 Å². The molecule has 0 unspecified atom stereocenters. The van der Waals surface area contributed by atoms with Crippen LogP contribution in [0.3, 0.4) is 0 Å². The number of carbonyl (C=O) groups is 2. The fourth-order valence-corrected chi connectivity index (χ4v) is 2.64. The zero-order valence-corrected chi connectivity index (χ0v) is 13.8. The van der Waals surface area contributed by atoms with Crippen LogP contribution in [0.4, 0.5) is 0 Å². The van der Waals surface area contributed by atoms with Crippen LogP contribution in [-0.4, -0.2) is 23.7 Å². The second-order valence-corrected chi connectivity index (χ2v) is 5.56. The number of benzene rings is 2. The molecule has 2 rings (SSSR count). The molecule has 24 heavy (non-hydrogen) atoms. The third kappa shape index (κ3) is 5.23. The van der Waals surface area contributed by atoms with Gasteiger partial charge in [0.25, 0.3) is 0 Å². The Bertz CT molecular complexity index is 706. The summed E-state index contributed by atoms with van der Waals surface area (Å²) in [5.41, 5.74) is 4.19. The molecule has 0 aromatic heterocycles. The predicted molar refractivity (Wildman–Crippen MR) is 92.8 cm³/mol. The lowest BCUT2D eigenvalue weighted by molar-refractivity contribution is -0.143. The molecule has 0 amide bonds. The highest BCUT2D eigenvalue weighted by atomic mass is 16.5. The van der Waals surface area contributed by atoms with E-state index in [1.807, 2.05) is 48.5 Å². The molecule has 0 saturated heterocycles. The second-order valence-electron chi connectivity index (χ2n) is 5.56. The number of carboxylic acids is 1. The molecule has 126 valence electrons. The Balaban J connectivity index is 2.18. The molecule has 0 aliphatic heterocycles. The summed E-state index contributed by atoms with van der Waals surface area (Å²) in [5, 5.41) is 8.83. The van der Waals surface area contributed by atoms with Gasteiger partial charge in [0.1, 0.15) is 0 Å². The summed E-state index contributed by atoms with van der Waals surface area (Å²) in [5.74, 6) is -0.988. The summed E-state index contributed by atoms with van der Waals surface area (Å²) in [4.78, 5) is 22.3. The van der Waals surface area contributed by atoms with E-state index in [2.05, 4.69) is 0 Å². The maximum atomic E-state index is 11.6. The van der Waals surface area contributed by atoms with Gasteiger partial charge in [0.05, 0.1) is 6.61 Å². The van der Waals surface area contributed by atoms with Gasteiger partial charge in [-0.15, -0.1) is 0 Å². The number of ether oxygens (including phenoxy) is 1. The lowest BCUT2D eigenvalue weighted by Gasteiger charge is -2.11. The predicted octanol–water partition coefficient (Wildman–Crippen LogP) is 3.87. The molecule has 1 N–H and O–H groups in total. The van der Waals surface area contributed by atoms with Gasteiger partial charge < -0.3 is 9.84 Å². The molecule has 0 radical (unpaired) electrons. The van der Waals surface area contributed by atoms with Crippen LogP contribution in [0.25, 0.3) is 11.1 Å². The van der Waals surface area contributed by atoms with E-state index in [1.54, 1.807) is 6.92 Å². The maximum absolute atomic E-state index is 11.6. The molecule has 0 saturated carbocycles. The fourth-order valence-electron chi connectivity index (χ4n) is 2.64. The maximum Gasteiger partial charge on any atom is 0.306 e. The molecule has 2 aromatic carbocycles. The number of esters is 1. The summed E-state index contributed by atoms with van der Waals surface area (Å²) in [6.45, 7) is 2.20. The molecule has 0 fully saturated rings. The smallest absolute Gasteiger partial charge is 0.306 e. The topological polar surface area (TPSA) is 63.6 Å². The highest BCUT2D eigenvalue weighted by Crippen LogP contribution is 2.26. The Morgan fingerprint density at radius 1 is 1.00 bits per heavy atom. The number of hydrogen-bond donors (Lipinski definition) is 1. The van der Waals surface area contributed by atoms with E-state index in [-0.39, 0.29) is 12.4 Å². The highest BCUT2D eigenvalue weighted by molar-refractivity contribution is 5.72. The Kier molecular flexibility index (Phi) is 6.55. The SMILES string of the molecule is CCOC(=O)CCc1ccccc1-c1cccc(CCC(=O)O)c1. The third-order valence-electron chi connectivity index (χ3n) is 3.79. The van der Waals surface area contributed by atoms with Crippen molar-refractivity contribution < 1.29 is 19.4 Å². The minimum atomic E-state index is -0.796. The molecule has 2 aromatic rings. The molecule has 4 nitrogen and oxygen atoms in total. The molecule has 4 heteroatoms. The van der Waals surface area contributed by atoms with Crippen LogP contribution in [0.2, 0.25) is 0 Å². The van der Waals surface area contributed by atoms with Crippen molar-refractivity contribution >= 4 is 11.9 Å². The molecule has 0 aliphatic carbocycles. The number of aryl methyl sites for hydroxylation is 2. The van der Waals surface area contributed by atoms with Crippen molar-refractivity contribution in [1.29, 1.82) is 0 Å². The standard InChI is InChI=1S/C20H22O4/c1-2-24-20(23)13-11-16-7-3-4-9-18(16)17-8-5-6-15(14-17)10-12-19(21)22/h3-9,14H,2,10-13H2,1H3,(H,21,22). The lowest BCUT2D eigenvalue weighted by Crippen LogP contribution is -2.05. The monoisotopic (exact) mass is 326 g/mol. The van der Waals surface area contributed by atoms with Crippen LogP contribution in [0, 0.1) is 0 Å². The van der Waals surface area contributed by atoms with Gasteiger partial charge in [-0.3, -0.25) is 9.59 Å². The molecular weight excluding hydrogens is 304 g/mol. The average Bonchev–Trinajstić information content (AvgIpc) is 2.59. The minimum absolute atomic E-state index is 0.119. The van der Waals surface area contributed by atoms with Crippen molar-refractivity contribution in [2.75, 3.05) is 6.61 Å². The summed E-state index contributed by atoms with van der Waals surface area (Å²) in [6.07, 6.45) is 1.60. The Morgan fingerprint density at radius 3 is 2.54 bits per heavy atom. The van der Waals surface area contributed by atoms with E-state index in [4.69, 9.17) is 9.84 Å². The molecule has 0 atom stereocenters. The lowest BCUT2D eigenvalue weighted by atomic mass is 9.95. The first-order chi connectivity index (χ1) is 11.6. The summed E-state index contributed by atoms with van der Waals surface area (Å²) in [6, 6.07) is 15.9. The molecule has 0 bridgehead atoms. The van der Waals surface area contributed by atoms with Crippen molar-refractivity contribution in [3.05, 3.63) is 59.7 Å². The first kappa shape index (κ1) is 17.7. The third-order valence-corrected chi connectivity index (χ3v) is 3.79. The summed E-state index contributed by atoms with van der Waals surface area (Å²) >= 11 is 0. The molecule has 0 aliphatic rings. The molecular formula is C20H22O4. The van der Waals surface area contributed by atoms with Gasteiger partial charge in [-0.1, -0.05) is 48.5 Å². The average molecular weight is 326 g/mol. The van der Waals surface area contributed by atoms with Crippen molar-refractivity contribution in [3.8, 4) is 11.1 Å². The quantitative estimate of drug-likeness (QED) is 0.748. The van der Waals surface area contributed by atoms with Crippen LogP contribution in [0.1, 0.15) is 30.9 Å². The van der Waals surface area contributed by atoms with E-state index >= 15 is 0 Å². The van der Waals surface area contributed by atoms with Gasteiger partial charge in [0.2, 0.25) is 0 Å². The number of rotatable bonds is 8. The number of hydrogen-bond acceptors (Lipinski definition) is 3. The minimum Gasteiger partial charge on any atom is -0.481 e. The van der Waals surface area contributed by atoms with Crippen LogP contribution < -0.4 is 0 Å². The van der Waals surface area contributed by atoms with Crippen LogP contribution in [0.15, 0.2) is 48.5 Å². The highest BCUT2D eigenvalue weighted by Gasteiger charge is 2.09. The summed E-state index contributed by atoms with van der Waals surface area (Å²) < 4.78 is 4.99. The second kappa shape index (κ2) is 8.87. The van der Waals surface area contributed by atoms with Gasteiger partial charge >= 0.3 is 11.9 Å². The van der Waals surface area contributed by atoms with Crippen molar-refractivity contribution in [1.82, 2.24) is 0 Å². The normalized spacial score (nSPS) is 10.4. The number of carboxylic acid groups (broad SMARTS) is 1. The van der Waals surface area contributed by atoms with Gasteiger partial charge in [0, 0.05) is 12.8 Å². The number of carbonyl (C=O) groups excluding carboxylic acids is 1. The Labute approximate surface area is 142 Å². The Morgan fingerprint density at radius 2 is 1.79 bits per heavy atom. The van der Waals surface area contributed by atoms with Crippen LogP contribution in [-0.2, 0) is 27.2 Å². The van der Waals surface area contributed by atoms with Crippen molar-refractivity contribution in [2.24, 2.45) is 0 Å². The van der Waals surface area contributed by atoms with E-state index in [0.29, 0.717) is 25.9 Å². The first-order valence-electron chi connectivity index (χ1n) is 8.14. The van der Waals surface area contributed by atoms with Crippen molar-refractivity contribution in [2.45, 2.75) is 32.6 Å². The zero-order chi connectivity index (χ0) is 17.4. The van der Waals surface area contributed by atoms with E-state index in [1.165, 1.54) is 0 Å². The van der Waals surface area contributed by atoms with E-state index < -0.39 is 5.97 Å². The van der Waals surface area contributed by atoms with Gasteiger partial charge in [0.15, 0.2) is 0 Å². The fraction of sp³-hybridized carbons (Fsp3) is 0.300. The van der Waals surface area contributed by atoms with Gasteiger partial charge in [-0.25, -0.2) is 0 Å². The molecule has 0 heterocycles. The van der Waals surface area contributed by atoms with Gasteiger partial charge in [-0.2, -0.15) is 0 Å². The number of aliphatic carboxylic acids is 1. The van der Waals surface area contributed by atoms with E-state index in [9.17, 15) is 9.59 Å². The summed E-state index contributed by atoms with van der Waals surface area (Å²) in [7, 11) is 0. The first-order valence-corrected chi connectivity index (χ1v) is 8.14. The van der Waals surface area contributed by atoms with Crippen LogP contribution in [0.5, 0.6) is 0 Å². The largest absolute Gasteiger partial charge is 0.481 e.